The van der Waals surface area contributed by atoms with E-state index in [2.05, 4.69) is 25.4 Å². The van der Waals surface area contributed by atoms with E-state index in [9.17, 15) is 13.6 Å². The number of halogens is 2. The van der Waals surface area contributed by atoms with Crippen LogP contribution in [0, 0.1) is 17.6 Å². The fraction of sp³-hybridized carbons (Fsp3) is 0.348. The third-order valence-corrected chi connectivity index (χ3v) is 6.03. The van der Waals surface area contributed by atoms with E-state index in [0.717, 1.165) is 6.07 Å². The second-order valence-electron chi connectivity index (χ2n) is 8.80. The smallest absolute Gasteiger partial charge is 0.259 e. The summed E-state index contributed by atoms with van der Waals surface area (Å²) in [5, 5.41) is 7.37. The number of hydrogen-bond donors (Lipinski definition) is 2. The number of amides is 1. The molecule has 5 rings (SSSR count). The van der Waals surface area contributed by atoms with Gasteiger partial charge in [-0.05, 0) is 30.2 Å². The lowest BCUT2D eigenvalue weighted by molar-refractivity contribution is -0.133. The van der Waals surface area contributed by atoms with E-state index < -0.39 is 17.7 Å². The third kappa shape index (κ3) is 4.51. The number of nitrogens with one attached hydrogen (secondary N) is 1. The largest absolute Gasteiger partial charge is 0.461 e. The fourth-order valence-electron chi connectivity index (χ4n) is 4.14. The quantitative estimate of drug-likeness (QED) is 0.412. The van der Waals surface area contributed by atoms with Gasteiger partial charge in [-0.25, -0.2) is 8.78 Å². The summed E-state index contributed by atoms with van der Waals surface area (Å²) in [5.74, 6) is -0.289. The summed E-state index contributed by atoms with van der Waals surface area (Å²) < 4.78 is 34.1. The number of nitrogen functional groups attached to an aromatic ring is 1. The van der Waals surface area contributed by atoms with Gasteiger partial charge in [0.15, 0.2) is 5.76 Å². The summed E-state index contributed by atoms with van der Waals surface area (Å²) in [6, 6.07) is 6.31. The Morgan fingerprint density at radius 2 is 1.89 bits per heavy atom. The van der Waals surface area contributed by atoms with Crippen LogP contribution in [0.5, 0.6) is 0 Å². The second-order valence-corrected chi connectivity index (χ2v) is 8.80. The minimum Gasteiger partial charge on any atom is -0.461 e. The van der Waals surface area contributed by atoms with Crippen LogP contribution in [0.25, 0.3) is 17.4 Å². The molecule has 0 saturated carbocycles. The van der Waals surface area contributed by atoms with E-state index in [4.69, 9.17) is 10.2 Å². The molecule has 4 aromatic rings. The van der Waals surface area contributed by atoms with Crippen LogP contribution < -0.4 is 16.0 Å². The van der Waals surface area contributed by atoms with Gasteiger partial charge in [0, 0.05) is 32.2 Å². The number of nitrogens with zero attached hydrogens (tertiary/aromatic N) is 7. The minimum atomic E-state index is -0.631. The molecule has 13 heteroatoms. The third-order valence-electron chi connectivity index (χ3n) is 6.03. The molecular formula is C23H25F2N9O2. The van der Waals surface area contributed by atoms with E-state index in [-0.39, 0.29) is 29.5 Å². The number of anilines is 3. The molecule has 1 aromatic carbocycles. The van der Waals surface area contributed by atoms with E-state index in [0.29, 0.717) is 43.5 Å². The zero-order chi connectivity index (χ0) is 25.4. The zero-order valence-electron chi connectivity index (χ0n) is 19.7. The van der Waals surface area contributed by atoms with Crippen molar-refractivity contribution in [1.82, 2.24) is 29.5 Å². The molecule has 3 N–H and O–H groups in total. The number of rotatable bonds is 6. The molecule has 188 valence electrons. The number of carbonyl (C=O) groups excluding carboxylic acids is 1. The molecule has 1 amide bonds. The minimum absolute atomic E-state index is 0.0534. The SMILES string of the molecule is CC(C)[C@H](Nc1nc(N)n2nc(-c3ccco3)nc2n1)C(=O)N1CCN(c2ccc(F)cc2F)CC1. The molecule has 0 spiro atoms. The van der Waals surface area contributed by atoms with Crippen LogP contribution in [0.15, 0.2) is 41.0 Å². The molecule has 1 fully saturated rings. The number of furan rings is 1. The van der Waals surface area contributed by atoms with Crippen molar-refractivity contribution in [1.29, 1.82) is 0 Å². The lowest BCUT2D eigenvalue weighted by atomic mass is 10.0. The summed E-state index contributed by atoms with van der Waals surface area (Å²) in [6.45, 7) is 5.44. The van der Waals surface area contributed by atoms with Crippen molar-refractivity contribution >= 4 is 29.3 Å². The number of carbonyl (C=O) groups is 1. The van der Waals surface area contributed by atoms with Crippen molar-refractivity contribution in [3.63, 3.8) is 0 Å². The van der Waals surface area contributed by atoms with Gasteiger partial charge in [-0.3, -0.25) is 4.79 Å². The Morgan fingerprint density at radius 3 is 2.56 bits per heavy atom. The van der Waals surface area contributed by atoms with E-state index in [1.165, 1.54) is 22.9 Å². The Labute approximate surface area is 204 Å². The van der Waals surface area contributed by atoms with Crippen LogP contribution in [0.1, 0.15) is 13.8 Å². The maximum absolute atomic E-state index is 14.2. The first-order chi connectivity index (χ1) is 17.3. The highest BCUT2D eigenvalue weighted by Gasteiger charge is 2.31. The van der Waals surface area contributed by atoms with E-state index >= 15 is 0 Å². The highest BCUT2D eigenvalue weighted by atomic mass is 19.1. The molecule has 4 heterocycles. The van der Waals surface area contributed by atoms with Crippen LogP contribution >= 0.6 is 0 Å². The van der Waals surface area contributed by atoms with Crippen molar-refractivity contribution in [3.05, 3.63) is 48.2 Å². The van der Waals surface area contributed by atoms with Crippen molar-refractivity contribution in [3.8, 4) is 11.6 Å². The number of fused-ring (bicyclic) bond motifs is 1. The zero-order valence-corrected chi connectivity index (χ0v) is 19.7. The van der Waals surface area contributed by atoms with Crippen LogP contribution in [0.4, 0.5) is 26.4 Å². The molecule has 11 nitrogen and oxygen atoms in total. The van der Waals surface area contributed by atoms with Gasteiger partial charge in [-0.1, -0.05) is 13.8 Å². The molecule has 0 radical (unpaired) electrons. The first kappa shape index (κ1) is 23.5. The molecule has 1 aliphatic rings. The van der Waals surface area contributed by atoms with Gasteiger partial charge in [0.1, 0.15) is 17.7 Å². The summed E-state index contributed by atoms with van der Waals surface area (Å²) in [5.41, 5.74) is 6.39. The van der Waals surface area contributed by atoms with Crippen LogP contribution in [0.2, 0.25) is 0 Å². The first-order valence-corrected chi connectivity index (χ1v) is 11.5. The Bertz CT molecular complexity index is 1380. The van der Waals surface area contributed by atoms with E-state index in [1.807, 2.05) is 13.8 Å². The van der Waals surface area contributed by atoms with Gasteiger partial charge in [-0.15, -0.1) is 5.10 Å². The molecule has 3 aromatic heterocycles. The van der Waals surface area contributed by atoms with Gasteiger partial charge in [0.05, 0.1) is 12.0 Å². The predicted octanol–water partition coefficient (Wildman–Crippen LogP) is 2.42. The van der Waals surface area contributed by atoms with Gasteiger partial charge < -0.3 is 25.3 Å². The van der Waals surface area contributed by atoms with Gasteiger partial charge in [-0.2, -0.15) is 19.5 Å². The standard InChI is InChI=1S/C23H25F2N9O2/c1-13(2)18(20(35)33-9-7-32(8-10-33)16-6-5-14(24)12-15(16)25)27-22-29-21(26)34-23(30-22)28-19(31-34)17-4-3-11-36-17/h3-6,11-13,18H,7-10H2,1-2H3,(H3,26,27,28,29,30,31)/t18-/m0/s1. The molecular weight excluding hydrogens is 472 g/mol. The van der Waals surface area contributed by atoms with E-state index in [1.54, 1.807) is 21.9 Å². The average molecular weight is 498 g/mol. The normalized spacial score (nSPS) is 15.0. The van der Waals surface area contributed by atoms with Crippen molar-refractivity contribution < 1.29 is 18.0 Å². The second kappa shape index (κ2) is 9.40. The Hall–Kier alpha value is -4.29. The number of aromatic nitrogens is 5. The topological polar surface area (TPSA) is 131 Å². The van der Waals surface area contributed by atoms with Crippen molar-refractivity contribution in [2.24, 2.45) is 5.92 Å². The molecule has 1 saturated heterocycles. The van der Waals surface area contributed by atoms with Crippen LogP contribution in [0.3, 0.4) is 0 Å². The Kier molecular flexibility index (Phi) is 6.12. The predicted molar refractivity (Wildman–Crippen MR) is 128 cm³/mol. The maximum atomic E-state index is 14.2. The van der Waals surface area contributed by atoms with Gasteiger partial charge in [0.2, 0.25) is 23.6 Å². The number of hydrogen-bond acceptors (Lipinski definition) is 9. The molecule has 36 heavy (non-hydrogen) atoms. The molecule has 0 bridgehead atoms. The summed E-state index contributed by atoms with van der Waals surface area (Å²) in [4.78, 5) is 29.9. The van der Waals surface area contributed by atoms with Gasteiger partial charge in [0.25, 0.3) is 5.78 Å². The highest BCUT2D eigenvalue weighted by Crippen LogP contribution is 2.23. The monoisotopic (exact) mass is 497 g/mol. The number of nitrogens with two attached hydrogens (primary N) is 1. The first-order valence-electron chi connectivity index (χ1n) is 11.5. The van der Waals surface area contributed by atoms with Crippen LogP contribution in [-0.2, 0) is 4.79 Å². The fourth-order valence-corrected chi connectivity index (χ4v) is 4.14. The Morgan fingerprint density at radius 1 is 1.11 bits per heavy atom. The lowest BCUT2D eigenvalue weighted by Crippen LogP contribution is -2.54. The van der Waals surface area contributed by atoms with Crippen LogP contribution in [-0.4, -0.2) is 67.6 Å². The Balaban J connectivity index is 1.30. The molecule has 1 atom stereocenters. The van der Waals surface area contributed by atoms with Gasteiger partial charge >= 0.3 is 0 Å². The summed E-state index contributed by atoms with van der Waals surface area (Å²) in [6.07, 6.45) is 1.51. The summed E-state index contributed by atoms with van der Waals surface area (Å²) >= 11 is 0. The maximum Gasteiger partial charge on any atom is 0.259 e. The molecule has 0 aliphatic carbocycles. The number of piperazine rings is 1. The number of benzene rings is 1. The average Bonchev–Trinajstić information content (AvgIpc) is 3.52. The van der Waals surface area contributed by atoms with Crippen molar-refractivity contribution in [2.75, 3.05) is 42.1 Å². The summed E-state index contributed by atoms with van der Waals surface area (Å²) in [7, 11) is 0. The highest BCUT2D eigenvalue weighted by molar-refractivity contribution is 5.85. The molecule has 0 unspecified atom stereocenters. The molecule has 1 aliphatic heterocycles. The lowest BCUT2D eigenvalue weighted by Gasteiger charge is -2.38. The van der Waals surface area contributed by atoms with Crippen molar-refractivity contribution in [2.45, 2.75) is 19.9 Å².